The minimum Gasteiger partial charge on any atom is -0.323 e. The van der Waals surface area contributed by atoms with Crippen molar-refractivity contribution in [3.05, 3.63) is 70.8 Å². The first kappa shape index (κ1) is 15.7. The van der Waals surface area contributed by atoms with Crippen LogP contribution in [0.4, 0.5) is 0 Å². The van der Waals surface area contributed by atoms with Crippen molar-refractivity contribution < 1.29 is 8.42 Å². The van der Waals surface area contributed by atoms with E-state index in [1.807, 2.05) is 62.4 Å². The standard InChI is InChI=1S/C17H21NO2S/c1-13-7-3-5-9-15(13)11-21(19,20)12-17(18)16-10-6-4-8-14(16)2/h3-10,17H,11-12,18H2,1-2H3. The molecule has 0 heterocycles. The van der Waals surface area contributed by atoms with Crippen LogP contribution in [-0.2, 0) is 15.6 Å². The smallest absolute Gasteiger partial charge is 0.156 e. The summed E-state index contributed by atoms with van der Waals surface area (Å²) in [6.45, 7) is 3.87. The predicted molar refractivity (Wildman–Crippen MR) is 86.8 cm³/mol. The number of hydrogen-bond donors (Lipinski definition) is 1. The first-order chi connectivity index (χ1) is 9.89. The van der Waals surface area contributed by atoms with Crippen molar-refractivity contribution in [2.75, 3.05) is 5.75 Å². The van der Waals surface area contributed by atoms with Gasteiger partial charge in [0, 0.05) is 6.04 Å². The molecule has 0 bridgehead atoms. The minimum atomic E-state index is -3.25. The summed E-state index contributed by atoms with van der Waals surface area (Å²) in [4.78, 5) is 0. The molecule has 2 aromatic carbocycles. The quantitative estimate of drug-likeness (QED) is 0.924. The fraction of sp³-hybridized carbons (Fsp3) is 0.294. The van der Waals surface area contributed by atoms with E-state index < -0.39 is 15.9 Å². The monoisotopic (exact) mass is 303 g/mol. The van der Waals surface area contributed by atoms with Gasteiger partial charge in [0.1, 0.15) is 0 Å². The molecule has 0 saturated carbocycles. The lowest BCUT2D eigenvalue weighted by molar-refractivity contribution is 0.587. The molecule has 0 fully saturated rings. The number of benzene rings is 2. The SMILES string of the molecule is Cc1ccccc1CS(=O)(=O)CC(N)c1ccccc1C. The molecule has 0 amide bonds. The Bertz CT molecular complexity index is 723. The van der Waals surface area contributed by atoms with Crippen LogP contribution in [-0.4, -0.2) is 14.2 Å². The Morgan fingerprint density at radius 2 is 1.52 bits per heavy atom. The largest absolute Gasteiger partial charge is 0.323 e. The fourth-order valence-electron chi connectivity index (χ4n) is 2.43. The molecular weight excluding hydrogens is 282 g/mol. The molecule has 0 aliphatic heterocycles. The third-order valence-corrected chi connectivity index (χ3v) is 5.28. The summed E-state index contributed by atoms with van der Waals surface area (Å²) in [7, 11) is -3.25. The Morgan fingerprint density at radius 3 is 2.14 bits per heavy atom. The van der Waals surface area contributed by atoms with Gasteiger partial charge in [-0.3, -0.25) is 0 Å². The van der Waals surface area contributed by atoms with E-state index >= 15 is 0 Å². The van der Waals surface area contributed by atoms with E-state index in [1.54, 1.807) is 0 Å². The lowest BCUT2D eigenvalue weighted by Crippen LogP contribution is -2.23. The predicted octanol–water partition coefficient (Wildman–Crippen LogP) is 2.92. The Hall–Kier alpha value is -1.65. The molecule has 0 spiro atoms. The van der Waals surface area contributed by atoms with Crippen molar-refractivity contribution in [2.24, 2.45) is 5.73 Å². The first-order valence-corrected chi connectivity index (χ1v) is 8.77. The molecule has 21 heavy (non-hydrogen) atoms. The van der Waals surface area contributed by atoms with E-state index in [9.17, 15) is 8.42 Å². The molecule has 2 N–H and O–H groups in total. The average molecular weight is 303 g/mol. The van der Waals surface area contributed by atoms with Gasteiger partial charge in [-0.05, 0) is 36.1 Å². The van der Waals surface area contributed by atoms with Crippen LogP contribution in [0.25, 0.3) is 0 Å². The second-order valence-electron chi connectivity index (χ2n) is 5.44. The molecule has 1 atom stereocenters. The Morgan fingerprint density at radius 1 is 0.952 bits per heavy atom. The first-order valence-electron chi connectivity index (χ1n) is 6.95. The van der Waals surface area contributed by atoms with Gasteiger partial charge in [0.05, 0.1) is 11.5 Å². The van der Waals surface area contributed by atoms with Gasteiger partial charge in [0.2, 0.25) is 0 Å². The molecule has 0 saturated heterocycles. The maximum atomic E-state index is 12.4. The fourth-order valence-corrected chi connectivity index (χ4v) is 4.08. The number of nitrogens with two attached hydrogens (primary N) is 1. The highest BCUT2D eigenvalue weighted by Gasteiger charge is 2.20. The van der Waals surface area contributed by atoms with Crippen molar-refractivity contribution >= 4 is 9.84 Å². The number of aryl methyl sites for hydroxylation is 2. The second-order valence-corrected chi connectivity index (χ2v) is 7.55. The maximum absolute atomic E-state index is 12.4. The van der Waals surface area contributed by atoms with Gasteiger partial charge in [-0.25, -0.2) is 8.42 Å². The Balaban J connectivity index is 2.15. The molecular formula is C17H21NO2S. The molecule has 2 aromatic rings. The zero-order valence-electron chi connectivity index (χ0n) is 12.4. The summed E-state index contributed by atoms with van der Waals surface area (Å²) in [5.41, 5.74) is 9.85. The summed E-state index contributed by atoms with van der Waals surface area (Å²) in [6, 6.07) is 14.7. The molecule has 0 aromatic heterocycles. The number of hydrogen-bond acceptors (Lipinski definition) is 3. The number of sulfone groups is 1. The lowest BCUT2D eigenvalue weighted by Gasteiger charge is -2.15. The van der Waals surface area contributed by atoms with E-state index in [4.69, 9.17) is 5.73 Å². The molecule has 0 aliphatic carbocycles. The van der Waals surface area contributed by atoms with E-state index in [0.717, 1.165) is 22.3 Å². The topological polar surface area (TPSA) is 60.2 Å². The summed E-state index contributed by atoms with van der Waals surface area (Å²) < 4.78 is 24.7. The van der Waals surface area contributed by atoms with E-state index in [0.29, 0.717) is 0 Å². The molecule has 3 nitrogen and oxygen atoms in total. The normalized spacial score (nSPS) is 13.1. The van der Waals surface area contributed by atoms with Crippen LogP contribution < -0.4 is 5.73 Å². The van der Waals surface area contributed by atoms with Crippen LogP contribution in [0.1, 0.15) is 28.3 Å². The Kier molecular flexibility index (Phi) is 4.80. The third kappa shape index (κ3) is 4.16. The summed E-state index contributed by atoms with van der Waals surface area (Å²) in [5.74, 6) is 0.00540. The zero-order chi connectivity index (χ0) is 15.5. The summed E-state index contributed by atoms with van der Waals surface area (Å²) in [5, 5.41) is 0. The van der Waals surface area contributed by atoms with Crippen LogP contribution >= 0.6 is 0 Å². The van der Waals surface area contributed by atoms with E-state index in [-0.39, 0.29) is 11.5 Å². The van der Waals surface area contributed by atoms with E-state index in [2.05, 4.69) is 0 Å². The Labute approximate surface area is 126 Å². The highest BCUT2D eigenvalue weighted by molar-refractivity contribution is 7.90. The van der Waals surface area contributed by atoms with Gasteiger partial charge in [0.15, 0.2) is 9.84 Å². The molecule has 4 heteroatoms. The van der Waals surface area contributed by atoms with Gasteiger partial charge in [0.25, 0.3) is 0 Å². The van der Waals surface area contributed by atoms with Crippen LogP contribution in [0.3, 0.4) is 0 Å². The third-order valence-electron chi connectivity index (χ3n) is 3.66. The lowest BCUT2D eigenvalue weighted by atomic mass is 10.0. The average Bonchev–Trinajstić information content (AvgIpc) is 2.41. The van der Waals surface area contributed by atoms with Crippen LogP contribution in [0.2, 0.25) is 0 Å². The zero-order valence-corrected chi connectivity index (χ0v) is 13.2. The molecule has 112 valence electrons. The van der Waals surface area contributed by atoms with Gasteiger partial charge in [-0.15, -0.1) is 0 Å². The van der Waals surface area contributed by atoms with Gasteiger partial charge in [-0.1, -0.05) is 48.5 Å². The number of rotatable bonds is 5. The van der Waals surface area contributed by atoms with Crippen LogP contribution in [0.15, 0.2) is 48.5 Å². The van der Waals surface area contributed by atoms with Gasteiger partial charge < -0.3 is 5.73 Å². The van der Waals surface area contributed by atoms with E-state index in [1.165, 1.54) is 0 Å². The van der Waals surface area contributed by atoms with Crippen molar-refractivity contribution in [1.82, 2.24) is 0 Å². The minimum absolute atomic E-state index is 0.0355. The van der Waals surface area contributed by atoms with Crippen molar-refractivity contribution in [2.45, 2.75) is 25.6 Å². The summed E-state index contributed by atoms with van der Waals surface area (Å²) in [6.07, 6.45) is 0. The molecule has 0 radical (unpaired) electrons. The van der Waals surface area contributed by atoms with Gasteiger partial charge in [-0.2, -0.15) is 0 Å². The highest BCUT2D eigenvalue weighted by Crippen LogP contribution is 2.19. The van der Waals surface area contributed by atoms with Crippen LogP contribution in [0, 0.1) is 13.8 Å². The van der Waals surface area contributed by atoms with Crippen molar-refractivity contribution in [3.63, 3.8) is 0 Å². The summed E-state index contributed by atoms with van der Waals surface area (Å²) >= 11 is 0. The van der Waals surface area contributed by atoms with Gasteiger partial charge >= 0.3 is 0 Å². The molecule has 1 unspecified atom stereocenters. The van der Waals surface area contributed by atoms with Crippen molar-refractivity contribution in [3.8, 4) is 0 Å². The highest BCUT2D eigenvalue weighted by atomic mass is 32.2. The molecule has 2 rings (SSSR count). The molecule has 0 aliphatic rings. The second kappa shape index (κ2) is 6.41. The van der Waals surface area contributed by atoms with Crippen LogP contribution in [0.5, 0.6) is 0 Å². The maximum Gasteiger partial charge on any atom is 0.156 e. The van der Waals surface area contributed by atoms with Crippen molar-refractivity contribution in [1.29, 1.82) is 0 Å².